The van der Waals surface area contributed by atoms with E-state index in [1.807, 2.05) is 68.5 Å². The number of thioether (sulfide) groups is 1. The fourth-order valence-electron chi connectivity index (χ4n) is 3.76. The molecule has 1 aromatic heterocycles. The van der Waals surface area contributed by atoms with E-state index in [9.17, 15) is 4.79 Å². The maximum atomic E-state index is 13.0. The predicted octanol–water partition coefficient (Wildman–Crippen LogP) is 5.23. The third kappa shape index (κ3) is 3.11. The molecule has 0 aliphatic carbocycles. The Bertz CT molecular complexity index is 1210. The summed E-state index contributed by atoms with van der Waals surface area (Å²) in [6, 6.07) is 17.5. The molecule has 3 heterocycles. The fraction of sp³-hybridized carbons (Fsp3) is 0.130. The van der Waals surface area contributed by atoms with Crippen LogP contribution in [0, 0.1) is 13.8 Å². The number of aromatic nitrogens is 1. The quantitative estimate of drug-likeness (QED) is 0.417. The highest BCUT2D eigenvalue weighted by atomic mass is 32.2. The summed E-state index contributed by atoms with van der Waals surface area (Å²) in [5, 5.41) is 0. The first-order chi connectivity index (χ1) is 14.5. The van der Waals surface area contributed by atoms with Crippen molar-refractivity contribution in [2.45, 2.75) is 13.8 Å². The first-order valence-corrected chi connectivity index (χ1v) is 10.7. The van der Waals surface area contributed by atoms with Gasteiger partial charge in [0.05, 0.1) is 10.6 Å². The molecule has 0 spiro atoms. The number of hydrogen-bond acceptors (Lipinski definition) is 5. The van der Waals surface area contributed by atoms with Crippen molar-refractivity contribution in [1.82, 2.24) is 4.57 Å². The van der Waals surface area contributed by atoms with Gasteiger partial charge >= 0.3 is 0 Å². The predicted molar refractivity (Wildman–Crippen MR) is 123 cm³/mol. The number of aryl methyl sites for hydroxylation is 1. The van der Waals surface area contributed by atoms with Crippen LogP contribution in [0.3, 0.4) is 0 Å². The molecule has 5 rings (SSSR count). The smallest absolute Gasteiger partial charge is 0.270 e. The maximum absolute atomic E-state index is 13.0. The molecule has 3 aromatic rings. The van der Waals surface area contributed by atoms with Crippen LogP contribution in [0.2, 0.25) is 0 Å². The molecule has 1 saturated heterocycles. The third-order valence-electron chi connectivity index (χ3n) is 5.18. The highest BCUT2D eigenvalue weighted by Gasteiger charge is 2.33. The van der Waals surface area contributed by atoms with E-state index in [4.69, 9.17) is 21.7 Å². The summed E-state index contributed by atoms with van der Waals surface area (Å²) >= 11 is 6.81. The van der Waals surface area contributed by atoms with Crippen LogP contribution in [-0.4, -0.2) is 21.6 Å². The van der Waals surface area contributed by atoms with Crippen molar-refractivity contribution in [3.8, 4) is 17.2 Å². The van der Waals surface area contributed by atoms with E-state index >= 15 is 0 Å². The topological polar surface area (TPSA) is 43.7 Å². The lowest BCUT2D eigenvalue weighted by atomic mass is 10.2. The molecule has 1 fully saturated rings. The minimum Gasteiger partial charge on any atom is -0.454 e. The van der Waals surface area contributed by atoms with Crippen molar-refractivity contribution in [3.05, 3.63) is 76.5 Å². The number of benzene rings is 2. The van der Waals surface area contributed by atoms with Gasteiger partial charge in [-0.15, -0.1) is 0 Å². The third-order valence-corrected chi connectivity index (χ3v) is 6.48. The molecule has 0 saturated carbocycles. The normalized spacial score (nSPS) is 16.7. The monoisotopic (exact) mass is 434 g/mol. The number of para-hydroxylation sites is 1. The number of fused-ring (bicyclic) bond motifs is 1. The van der Waals surface area contributed by atoms with Crippen molar-refractivity contribution in [2.75, 3.05) is 11.7 Å². The summed E-state index contributed by atoms with van der Waals surface area (Å²) in [7, 11) is 0. The van der Waals surface area contributed by atoms with Crippen LogP contribution in [0.25, 0.3) is 11.8 Å². The SMILES string of the molecule is Cc1cc(/C=C2/SC(=S)N(c3ccccc3)C2=O)c(C)n1-c1ccc2c(c1)OCO2. The minimum absolute atomic E-state index is 0.0934. The highest BCUT2D eigenvalue weighted by Crippen LogP contribution is 2.38. The Labute approximate surface area is 183 Å². The van der Waals surface area contributed by atoms with Crippen LogP contribution in [0.1, 0.15) is 17.0 Å². The van der Waals surface area contributed by atoms with Gasteiger partial charge < -0.3 is 14.0 Å². The summed E-state index contributed by atoms with van der Waals surface area (Å²) in [5.41, 5.74) is 4.87. The van der Waals surface area contributed by atoms with Crippen molar-refractivity contribution in [1.29, 1.82) is 0 Å². The molecule has 2 aliphatic rings. The molecule has 2 aliphatic heterocycles. The molecule has 5 nitrogen and oxygen atoms in total. The van der Waals surface area contributed by atoms with Crippen LogP contribution >= 0.6 is 24.0 Å². The zero-order chi connectivity index (χ0) is 20.8. The second-order valence-electron chi connectivity index (χ2n) is 7.05. The summed E-state index contributed by atoms with van der Waals surface area (Å²) < 4.78 is 13.6. The largest absolute Gasteiger partial charge is 0.454 e. The van der Waals surface area contributed by atoms with Crippen LogP contribution < -0.4 is 14.4 Å². The molecule has 0 bridgehead atoms. The Morgan fingerprint density at radius 1 is 1.00 bits per heavy atom. The number of amides is 1. The highest BCUT2D eigenvalue weighted by molar-refractivity contribution is 8.27. The molecular weight excluding hydrogens is 416 g/mol. The van der Waals surface area contributed by atoms with Gasteiger partial charge in [-0.3, -0.25) is 9.69 Å². The van der Waals surface area contributed by atoms with E-state index in [-0.39, 0.29) is 12.7 Å². The van der Waals surface area contributed by atoms with E-state index < -0.39 is 0 Å². The Hall–Kier alpha value is -3.03. The van der Waals surface area contributed by atoms with Crippen molar-refractivity contribution < 1.29 is 14.3 Å². The molecule has 7 heteroatoms. The molecule has 0 N–H and O–H groups in total. The van der Waals surface area contributed by atoms with Gasteiger partial charge in [0, 0.05) is 23.1 Å². The lowest BCUT2D eigenvalue weighted by Gasteiger charge is -2.13. The molecule has 0 atom stereocenters. The molecule has 2 aromatic carbocycles. The summed E-state index contributed by atoms with van der Waals surface area (Å²) in [4.78, 5) is 15.2. The zero-order valence-electron chi connectivity index (χ0n) is 16.4. The average molecular weight is 435 g/mol. The molecule has 30 heavy (non-hydrogen) atoms. The number of carbonyl (C=O) groups is 1. The average Bonchev–Trinajstić information content (AvgIpc) is 3.39. The van der Waals surface area contributed by atoms with E-state index in [1.54, 1.807) is 4.90 Å². The molecule has 1 amide bonds. The van der Waals surface area contributed by atoms with Gasteiger partial charge in [-0.25, -0.2) is 0 Å². The van der Waals surface area contributed by atoms with Gasteiger partial charge in [0.25, 0.3) is 5.91 Å². The molecule has 150 valence electrons. The Morgan fingerprint density at radius 2 is 1.77 bits per heavy atom. The Morgan fingerprint density at radius 3 is 2.57 bits per heavy atom. The number of nitrogens with zero attached hydrogens (tertiary/aromatic N) is 2. The van der Waals surface area contributed by atoms with Gasteiger partial charge in [0.2, 0.25) is 6.79 Å². The van der Waals surface area contributed by atoms with E-state index in [0.717, 1.165) is 39.8 Å². The van der Waals surface area contributed by atoms with E-state index in [0.29, 0.717) is 9.23 Å². The molecule has 0 radical (unpaired) electrons. The number of ether oxygens (including phenoxy) is 2. The summed E-state index contributed by atoms with van der Waals surface area (Å²) in [6.45, 7) is 4.34. The van der Waals surface area contributed by atoms with Crippen molar-refractivity contribution in [3.63, 3.8) is 0 Å². The number of rotatable bonds is 3. The van der Waals surface area contributed by atoms with Gasteiger partial charge in [-0.2, -0.15) is 0 Å². The molecule has 0 unspecified atom stereocenters. The zero-order valence-corrected chi connectivity index (χ0v) is 18.0. The van der Waals surface area contributed by atoms with E-state index in [1.165, 1.54) is 11.8 Å². The number of thiocarbonyl (C=S) groups is 1. The van der Waals surface area contributed by atoms with Gasteiger partial charge in [0.15, 0.2) is 15.8 Å². The van der Waals surface area contributed by atoms with Crippen molar-refractivity contribution in [2.24, 2.45) is 0 Å². The fourth-order valence-corrected chi connectivity index (χ4v) is 5.05. The maximum Gasteiger partial charge on any atom is 0.270 e. The van der Waals surface area contributed by atoms with Gasteiger partial charge in [0.1, 0.15) is 0 Å². The number of carbonyl (C=O) groups excluding carboxylic acids is 1. The molecular formula is C23H18N2O3S2. The van der Waals surface area contributed by atoms with Crippen LogP contribution in [-0.2, 0) is 4.79 Å². The lowest BCUT2D eigenvalue weighted by molar-refractivity contribution is -0.113. The minimum atomic E-state index is -0.0934. The lowest BCUT2D eigenvalue weighted by Crippen LogP contribution is -2.27. The number of hydrogen-bond donors (Lipinski definition) is 0. The van der Waals surface area contributed by atoms with Crippen LogP contribution in [0.15, 0.2) is 59.5 Å². The number of anilines is 1. The Kier molecular flexibility index (Phi) is 4.64. The van der Waals surface area contributed by atoms with E-state index in [2.05, 4.69) is 10.6 Å². The second-order valence-corrected chi connectivity index (χ2v) is 8.73. The standard InChI is InChI=1S/C23H18N2O3S2/c1-14-10-16(15(2)24(14)18-8-9-19-20(12-18)28-13-27-19)11-21-22(26)25(23(29)30-21)17-6-4-3-5-7-17/h3-12H,13H2,1-2H3/b21-11+. The van der Waals surface area contributed by atoms with Crippen LogP contribution in [0.4, 0.5) is 5.69 Å². The van der Waals surface area contributed by atoms with Gasteiger partial charge in [-0.05, 0) is 55.8 Å². The second kappa shape index (κ2) is 7.34. The van der Waals surface area contributed by atoms with Crippen LogP contribution in [0.5, 0.6) is 11.5 Å². The Balaban J connectivity index is 1.50. The summed E-state index contributed by atoms with van der Waals surface area (Å²) in [6.07, 6.45) is 1.92. The first kappa shape index (κ1) is 19.0. The van der Waals surface area contributed by atoms with Gasteiger partial charge in [-0.1, -0.05) is 42.2 Å². The van der Waals surface area contributed by atoms with Crippen molar-refractivity contribution >= 4 is 46.0 Å². The summed E-state index contributed by atoms with van der Waals surface area (Å²) in [5.74, 6) is 1.40. The first-order valence-electron chi connectivity index (χ1n) is 9.45.